The Balaban J connectivity index is 1.71. The van der Waals surface area contributed by atoms with Gasteiger partial charge >= 0.3 is 0 Å². The van der Waals surface area contributed by atoms with E-state index >= 15 is 0 Å². The maximum atomic E-state index is 11.9. The molecule has 1 aliphatic heterocycles. The van der Waals surface area contributed by atoms with E-state index in [9.17, 15) is 4.79 Å². The Labute approximate surface area is 160 Å². The molecule has 0 unspecified atom stereocenters. The van der Waals surface area contributed by atoms with E-state index in [1.54, 1.807) is 13.2 Å². The van der Waals surface area contributed by atoms with Crippen molar-refractivity contribution in [3.63, 3.8) is 0 Å². The topological polar surface area (TPSA) is 67.5 Å². The molecule has 1 atom stereocenters. The number of aryl methyl sites for hydroxylation is 1. The van der Waals surface area contributed by atoms with Crippen molar-refractivity contribution in [2.75, 3.05) is 26.8 Å². The molecule has 6 nitrogen and oxygen atoms in total. The summed E-state index contributed by atoms with van der Waals surface area (Å²) in [5, 5.41) is 0. The number of hydrogen-bond donors (Lipinski definition) is 1. The third-order valence-corrected chi connectivity index (χ3v) is 5.00. The molecule has 0 bridgehead atoms. The predicted octanol–water partition coefficient (Wildman–Crippen LogP) is 3.12. The number of nitrogens with one attached hydrogen (secondary N) is 1. The highest BCUT2D eigenvalue weighted by atomic mass is 16.5. The van der Waals surface area contributed by atoms with Crippen molar-refractivity contribution in [1.82, 2.24) is 14.9 Å². The fourth-order valence-electron chi connectivity index (χ4n) is 3.67. The number of hydrogen-bond acceptors (Lipinski definition) is 5. The molecule has 1 fully saturated rings. The van der Waals surface area contributed by atoms with Crippen molar-refractivity contribution in [3.05, 3.63) is 51.7 Å². The fraction of sp³-hybridized carbons (Fsp3) is 0.524. The second-order valence-electron chi connectivity index (χ2n) is 6.97. The number of piperidine rings is 1. The molecular weight excluding hydrogens is 342 g/mol. The molecular formula is C21H29N3O3. The minimum Gasteiger partial charge on any atom is -0.493 e. The second-order valence-corrected chi connectivity index (χ2v) is 6.97. The predicted molar refractivity (Wildman–Crippen MR) is 106 cm³/mol. The van der Waals surface area contributed by atoms with E-state index < -0.39 is 0 Å². The smallest absolute Gasteiger partial charge is 0.251 e. The zero-order valence-corrected chi connectivity index (χ0v) is 16.5. The van der Waals surface area contributed by atoms with Crippen LogP contribution in [0, 0.1) is 0 Å². The summed E-state index contributed by atoms with van der Waals surface area (Å²) in [6.07, 6.45) is 2.93. The van der Waals surface area contributed by atoms with Crippen LogP contribution in [0.3, 0.4) is 0 Å². The summed E-state index contributed by atoms with van der Waals surface area (Å²) in [6, 6.07) is 7.71. The average molecular weight is 371 g/mol. The summed E-state index contributed by atoms with van der Waals surface area (Å²) in [5.74, 6) is 2.64. The molecule has 146 valence electrons. The molecule has 1 aromatic carbocycles. The van der Waals surface area contributed by atoms with Gasteiger partial charge in [0.1, 0.15) is 5.82 Å². The summed E-state index contributed by atoms with van der Waals surface area (Å²) >= 11 is 0. The Morgan fingerprint density at radius 2 is 2.11 bits per heavy atom. The Kier molecular flexibility index (Phi) is 6.50. The molecule has 0 amide bonds. The summed E-state index contributed by atoms with van der Waals surface area (Å²) in [5.41, 5.74) is 2.01. The third kappa shape index (κ3) is 4.89. The zero-order chi connectivity index (χ0) is 19.2. The molecule has 2 aromatic rings. The maximum Gasteiger partial charge on any atom is 0.251 e. The number of likely N-dealkylation sites (tertiary alicyclic amines) is 1. The standard InChI is InChI=1S/C21H29N3O3/c1-4-17-12-20(25)23-21(22-17)16-7-6-10-24(14-16)13-15-8-9-18(27-5-2)19(11-15)26-3/h8-9,11-12,16H,4-7,10,13-14H2,1-3H3,(H,22,23,25)/t16-/m1/s1. The lowest BCUT2D eigenvalue weighted by Crippen LogP contribution is -2.35. The Bertz CT molecular complexity index is 819. The van der Waals surface area contributed by atoms with E-state index in [0.717, 1.165) is 61.9 Å². The minimum absolute atomic E-state index is 0.0507. The van der Waals surface area contributed by atoms with E-state index in [4.69, 9.17) is 9.47 Å². The van der Waals surface area contributed by atoms with Crippen LogP contribution in [0.5, 0.6) is 11.5 Å². The van der Waals surface area contributed by atoms with Gasteiger partial charge in [-0.1, -0.05) is 13.0 Å². The number of H-pyrrole nitrogens is 1. The summed E-state index contributed by atoms with van der Waals surface area (Å²) in [7, 11) is 1.67. The molecule has 27 heavy (non-hydrogen) atoms. The van der Waals surface area contributed by atoms with Gasteiger partial charge in [-0.3, -0.25) is 9.69 Å². The first-order valence-corrected chi connectivity index (χ1v) is 9.75. The molecule has 2 heterocycles. The molecule has 1 aromatic heterocycles. The van der Waals surface area contributed by atoms with Gasteiger partial charge in [-0.2, -0.15) is 0 Å². The molecule has 0 spiro atoms. The van der Waals surface area contributed by atoms with Crippen LogP contribution in [0.15, 0.2) is 29.1 Å². The molecule has 0 radical (unpaired) electrons. The van der Waals surface area contributed by atoms with Gasteiger partial charge in [0.25, 0.3) is 5.56 Å². The van der Waals surface area contributed by atoms with E-state index in [1.807, 2.05) is 26.0 Å². The van der Waals surface area contributed by atoms with Crippen LogP contribution in [0.2, 0.25) is 0 Å². The summed E-state index contributed by atoms with van der Waals surface area (Å²) in [6.45, 7) is 7.39. The number of nitrogens with zero attached hydrogens (tertiary/aromatic N) is 2. The average Bonchev–Trinajstić information content (AvgIpc) is 2.69. The van der Waals surface area contributed by atoms with E-state index in [0.29, 0.717) is 6.61 Å². The SMILES string of the molecule is CCOc1ccc(CN2CCC[C@@H](c3nc(CC)cc(=O)[nH]3)C2)cc1OC. The molecule has 1 aliphatic rings. The van der Waals surface area contributed by atoms with Gasteiger partial charge in [0.05, 0.1) is 13.7 Å². The van der Waals surface area contributed by atoms with Crippen LogP contribution < -0.4 is 15.0 Å². The molecule has 3 rings (SSSR count). The zero-order valence-electron chi connectivity index (χ0n) is 16.5. The van der Waals surface area contributed by atoms with Gasteiger partial charge in [0.2, 0.25) is 0 Å². The van der Waals surface area contributed by atoms with E-state index in [-0.39, 0.29) is 11.5 Å². The molecule has 0 aliphatic carbocycles. The van der Waals surface area contributed by atoms with Gasteiger partial charge in [-0.25, -0.2) is 4.98 Å². The Hall–Kier alpha value is -2.34. The number of aromatic amines is 1. The fourth-order valence-corrected chi connectivity index (χ4v) is 3.67. The van der Waals surface area contributed by atoms with Gasteiger partial charge < -0.3 is 14.5 Å². The number of ether oxygens (including phenoxy) is 2. The van der Waals surface area contributed by atoms with Crippen molar-refractivity contribution in [2.45, 2.75) is 45.6 Å². The number of benzene rings is 1. The summed E-state index contributed by atoms with van der Waals surface area (Å²) < 4.78 is 11.1. The highest BCUT2D eigenvalue weighted by Gasteiger charge is 2.24. The van der Waals surface area contributed by atoms with Crippen LogP contribution in [-0.2, 0) is 13.0 Å². The van der Waals surface area contributed by atoms with Crippen molar-refractivity contribution in [1.29, 1.82) is 0 Å². The van der Waals surface area contributed by atoms with Gasteiger partial charge in [-0.15, -0.1) is 0 Å². The van der Waals surface area contributed by atoms with Crippen molar-refractivity contribution in [2.24, 2.45) is 0 Å². The quantitative estimate of drug-likeness (QED) is 0.810. The first kappa shape index (κ1) is 19.4. The Morgan fingerprint density at radius 3 is 2.85 bits per heavy atom. The highest BCUT2D eigenvalue weighted by molar-refractivity contribution is 5.43. The molecule has 0 saturated carbocycles. The van der Waals surface area contributed by atoms with Crippen LogP contribution in [-0.4, -0.2) is 41.7 Å². The lowest BCUT2D eigenvalue weighted by molar-refractivity contribution is 0.196. The van der Waals surface area contributed by atoms with Crippen LogP contribution in [0.1, 0.15) is 49.7 Å². The van der Waals surface area contributed by atoms with Crippen LogP contribution in [0.25, 0.3) is 0 Å². The van der Waals surface area contributed by atoms with E-state index in [2.05, 4.69) is 20.9 Å². The Morgan fingerprint density at radius 1 is 1.26 bits per heavy atom. The van der Waals surface area contributed by atoms with Crippen LogP contribution in [0.4, 0.5) is 0 Å². The normalized spacial score (nSPS) is 17.7. The second kappa shape index (κ2) is 9.04. The lowest BCUT2D eigenvalue weighted by Gasteiger charge is -2.32. The minimum atomic E-state index is -0.0507. The van der Waals surface area contributed by atoms with E-state index in [1.165, 1.54) is 5.56 Å². The van der Waals surface area contributed by atoms with Crippen molar-refractivity contribution >= 4 is 0 Å². The summed E-state index contributed by atoms with van der Waals surface area (Å²) in [4.78, 5) is 21.9. The number of aromatic nitrogens is 2. The first-order valence-electron chi connectivity index (χ1n) is 9.75. The first-order chi connectivity index (χ1) is 13.1. The number of rotatable bonds is 7. The molecule has 6 heteroatoms. The van der Waals surface area contributed by atoms with Gasteiger partial charge in [-0.05, 0) is 50.4 Å². The monoisotopic (exact) mass is 371 g/mol. The maximum absolute atomic E-state index is 11.9. The molecule has 1 saturated heterocycles. The lowest BCUT2D eigenvalue weighted by atomic mass is 9.96. The van der Waals surface area contributed by atoms with Crippen LogP contribution >= 0.6 is 0 Å². The third-order valence-electron chi connectivity index (χ3n) is 5.00. The van der Waals surface area contributed by atoms with Gasteiger partial charge in [0, 0.05) is 30.8 Å². The van der Waals surface area contributed by atoms with Gasteiger partial charge in [0.15, 0.2) is 11.5 Å². The molecule has 1 N–H and O–H groups in total. The van der Waals surface area contributed by atoms with Crippen molar-refractivity contribution in [3.8, 4) is 11.5 Å². The van der Waals surface area contributed by atoms with Crippen molar-refractivity contribution < 1.29 is 9.47 Å². The largest absolute Gasteiger partial charge is 0.493 e. The highest BCUT2D eigenvalue weighted by Crippen LogP contribution is 2.30. The number of methoxy groups -OCH3 is 1.